The monoisotopic (exact) mass is 1270 g/mol. The van der Waals surface area contributed by atoms with Gasteiger partial charge in [0.05, 0.1) is 43.2 Å². The number of ether oxygens (including phenoxy) is 4. The number of fused-ring (bicyclic) bond motifs is 5. The van der Waals surface area contributed by atoms with Gasteiger partial charge in [-0.3, -0.25) is 28.8 Å². The molecule has 13 N–H and O–H groups in total. The van der Waals surface area contributed by atoms with Gasteiger partial charge in [0, 0.05) is 57.3 Å². The molecule has 8 rings (SSSR count). The van der Waals surface area contributed by atoms with Crippen LogP contribution in [0.3, 0.4) is 0 Å². The molecule has 0 spiro atoms. The standard InChI is InChI=1S/C64H82N8O19/c1-34-30-72-54(55(34)79)59(83)66-29-38(75)27-45(67-63(87)91-64(3,4)5)56(80)68-51(35(2)74)60(84)71-31-39(76)28-46(71)57(81)69-52(48(78)25-37-19-20-49(50(26-37)88-24-23-73)89-32-36-13-7-6-8-14-36)58(82)70-53(61(72)85)47(77)21-22-65-62(86)90-33-44-42-17-11-9-15-40(42)41-16-10-12-18-43(41)44/h6-20,26,34-35,38-39,44-48,51-55,73-79H,21-25,27-33H2,1-5H3,(H,65,86)(H,66,83)(H,67,87)(H,68,80)(H,69,81)(H,70,82)/t34-,35+,38+,39+,45-,46-,47+,48+,51-,52-,53-,54-,55-/m0/s1. The molecular weight excluding hydrogens is 1180 g/mol. The Balaban J connectivity index is 1.13. The fourth-order valence-electron chi connectivity index (χ4n) is 11.7. The van der Waals surface area contributed by atoms with E-state index in [2.05, 4.69) is 31.9 Å². The quantitative estimate of drug-likeness (QED) is 0.0640. The van der Waals surface area contributed by atoms with Gasteiger partial charge in [-0.1, -0.05) is 91.9 Å². The summed E-state index contributed by atoms with van der Waals surface area (Å²) in [6.45, 7) is 4.76. The minimum Gasteiger partial charge on any atom is -0.487 e. The molecule has 4 aromatic rings. The zero-order chi connectivity index (χ0) is 65.8. The Morgan fingerprint density at radius 3 is 1.98 bits per heavy atom. The fraction of sp³-hybridized carbons (Fsp3) is 0.500. The van der Waals surface area contributed by atoms with E-state index in [4.69, 9.17) is 18.9 Å². The van der Waals surface area contributed by atoms with Crippen molar-refractivity contribution in [2.45, 2.75) is 151 Å². The Morgan fingerprint density at radius 2 is 1.32 bits per heavy atom. The van der Waals surface area contributed by atoms with Gasteiger partial charge < -0.3 is 96.4 Å². The molecule has 4 aromatic carbocycles. The summed E-state index contributed by atoms with van der Waals surface area (Å²) >= 11 is 0. The van der Waals surface area contributed by atoms with Crippen LogP contribution in [-0.2, 0) is 51.3 Å². The van der Waals surface area contributed by atoms with Gasteiger partial charge in [-0.25, -0.2) is 9.59 Å². The van der Waals surface area contributed by atoms with E-state index in [9.17, 15) is 64.5 Å². The highest BCUT2D eigenvalue weighted by Crippen LogP contribution is 2.44. The van der Waals surface area contributed by atoms with E-state index in [1.54, 1.807) is 0 Å². The predicted octanol–water partition coefficient (Wildman–Crippen LogP) is -0.391. The number of nitrogens with zero attached hydrogens (tertiary/aromatic N) is 2. The van der Waals surface area contributed by atoms with Crippen molar-refractivity contribution in [3.05, 3.63) is 119 Å². The summed E-state index contributed by atoms with van der Waals surface area (Å²) in [5, 5.41) is 94.0. The first-order valence-electron chi connectivity index (χ1n) is 30.3. The smallest absolute Gasteiger partial charge is 0.408 e. The van der Waals surface area contributed by atoms with Crippen LogP contribution in [0.5, 0.6) is 11.5 Å². The van der Waals surface area contributed by atoms with Crippen LogP contribution in [-0.4, -0.2) is 218 Å². The van der Waals surface area contributed by atoms with Crippen LogP contribution < -0.4 is 41.4 Å². The maximum atomic E-state index is 15.2. The van der Waals surface area contributed by atoms with Crippen molar-refractivity contribution >= 4 is 47.6 Å². The third kappa shape index (κ3) is 17.3. The van der Waals surface area contributed by atoms with Gasteiger partial charge in [0.2, 0.25) is 35.4 Å². The molecule has 1 aliphatic carbocycles. The molecule has 0 unspecified atom stereocenters. The molecular formula is C64H82N8O19. The van der Waals surface area contributed by atoms with Crippen LogP contribution in [0.15, 0.2) is 97.1 Å². The van der Waals surface area contributed by atoms with Gasteiger partial charge in [-0.05, 0) is 79.6 Å². The first kappa shape index (κ1) is 68.5. The lowest BCUT2D eigenvalue weighted by Crippen LogP contribution is -2.64. The van der Waals surface area contributed by atoms with Crippen LogP contribution in [0, 0.1) is 5.92 Å². The molecule has 8 amide bonds. The molecule has 13 atom stereocenters. The number of carbonyl (C=O) groups is 8. The summed E-state index contributed by atoms with van der Waals surface area (Å²) in [6.07, 6.45) is -14.5. The Hall–Kier alpha value is -8.44. The van der Waals surface area contributed by atoms with E-state index in [0.717, 1.165) is 44.5 Å². The second kappa shape index (κ2) is 30.6. The molecule has 3 aliphatic heterocycles. The third-order valence-electron chi connectivity index (χ3n) is 16.2. The van der Waals surface area contributed by atoms with Gasteiger partial charge in [0.25, 0.3) is 0 Å². The summed E-state index contributed by atoms with van der Waals surface area (Å²) in [7, 11) is 0. The molecule has 3 saturated heterocycles. The second-order valence-corrected chi connectivity index (χ2v) is 24.3. The number of aliphatic hydroxyl groups excluding tert-OH is 7. The number of nitrogens with one attached hydrogen (secondary N) is 6. The molecule has 4 aliphatic rings. The lowest BCUT2D eigenvalue weighted by atomic mass is 9.98. The molecule has 3 heterocycles. The lowest BCUT2D eigenvalue weighted by Gasteiger charge is -2.34. The largest absolute Gasteiger partial charge is 0.487 e. The number of hydrogen-bond acceptors (Lipinski definition) is 19. The Morgan fingerprint density at radius 1 is 0.681 bits per heavy atom. The summed E-state index contributed by atoms with van der Waals surface area (Å²) in [5.41, 5.74) is 3.86. The number of rotatable bonds is 17. The van der Waals surface area contributed by atoms with Crippen LogP contribution in [0.2, 0.25) is 0 Å². The zero-order valence-corrected chi connectivity index (χ0v) is 51.2. The molecule has 0 bridgehead atoms. The van der Waals surface area contributed by atoms with Crippen molar-refractivity contribution in [3.63, 3.8) is 0 Å². The molecule has 0 radical (unpaired) electrons. The van der Waals surface area contributed by atoms with Crippen molar-refractivity contribution in [2.75, 3.05) is 46.0 Å². The Bertz CT molecular complexity index is 3190. The maximum absolute atomic E-state index is 15.2. The van der Waals surface area contributed by atoms with Crippen LogP contribution >= 0.6 is 0 Å². The highest BCUT2D eigenvalue weighted by molar-refractivity contribution is 5.98. The lowest BCUT2D eigenvalue weighted by molar-refractivity contribution is -0.147. The van der Waals surface area contributed by atoms with E-state index in [-0.39, 0.29) is 55.9 Å². The number of alkyl carbamates (subject to hydrolysis) is 2. The van der Waals surface area contributed by atoms with E-state index in [1.807, 2.05) is 78.9 Å². The van der Waals surface area contributed by atoms with Crippen LogP contribution in [0.25, 0.3) is 11.1 Å². The SMILES string of the molecule is C[C@@H](O)[C@@H]1NC(=O)[C@@H](NC(=O)OC(C)(C)C)C[C@@H](O)CNC(=O)[C@@H]2[C@@H](O)[C@@H](C)CN2C(=O)[C@H]([C@H](O)CCNC(=O)OCC2c3ccccc3-c3ccccc32)NC(=O)[C@H]([C@H](O)Cc2ccc(OCc3ccccc3)c(OCCO)c2)NC(=O)[C@@H]2C[C@@H](O)CN2C1=O. The molecule has 0 aromatic heterocycles. The number of aliphatic hydroxyl groups is 7. The first-order chi connectivity index (χ1) is 43.3. The minimum absolute atomic E-state index is 0.0699. The minimum atomic E-state index is -2.12. The molecule has 91 heavy (non-hydrogen) atoms. The van der Waals surface area contributed by atoms with E-state index >= 15 is 9.59 Å². The van der Waals surface area contributed by atoms with Crippen molar-refractivity contribution in [1.29, 1.82) is 0 Å². The topological polar surface area (TPSA) is 394 Å². The number of β-amino-alcohol motifs (C(OH)–C–C–N with tert-alkyl or cyclic N) is 1. The highest BCUT2D eigenvalue weighted by atomic mass is 16.6. The molecule has 27 heteroatoms. The van der Waals surface area contributed by atoms with E-state index in [1.165, 1.54) is 45.9 Å². The summed E-state index contributed by atoms with van der Waals surface area (Å²) in [5.74, 6) is -7.77. The Kier molecular flexibility index (Phi) is 23.0. The highest BCUT2D eigenvalue weighted by Gasteiger charge is 2.50. The Labute approximate surface area is 525 Å². The van der Waals surface area contributed by atoms with Crippen molar-refractivity contribution in [1.82, 2.24) is 41.7 Å². The predicted molar refractivity (Wildman–Crippen MR) is 324 cm³/mol. The first-order valence-corrected chi connectivity index (χ1v) is 30.3. The van der Waals surface area contributed by atoms with Crippen LogP contribution in [0.4, 0.5) is 9.59 Å². The van der Waals surface area contributed by atoms with Gasteiger partial charge in [-0.15, -0.1) is 0 Å². The molecule has 27 nitrogen and oxygen atoms in total. The van der Waals surface area contributed by atoms with E-state index < -0.39 is 177 Å². The molecule has 492 valence electrons. The van der Waals surface area contributed by atoms with Gasteiger partial charge in [-0.2, -0.15) is 0 Å². The average Bonchev–Trinajstić information content (AvgIpc) is 1.67. The number of carbonyl (C=O) groups excluding carboxylic acids is 8. The molecule has 3 fully saturated rings. The average molecular weight is 1270 g/mol. The summed E-state index contributed by atoms with van der Waals surface area (Å²) in [6, 6.07) is 17.7. The number of hydrogen-bond donors (Lipinski definition) is 13. The summed E-state index contributed by atoms with van der Waals surface area (Å²) < 4.78 is 22.9. The molecule has 0 saturated carbocycles. The van der Waals surface area contributed by atoms with Crippen molar-refractivity contribution in [3.8, 4) is 22.6 Å². The normalized spacial score (nSPS) is 25.4. The number of benzene rings is 4. The van der Waals surface area contributed by atoms with Gasteiger partial charge in [0.15, 0.2) is 11.5 Å². The van der Waals surface area contributed by atoms with E-state index in [0.29, 0.717) is 0 Å². The second-order valence-electron chi connectivity index (χ2n) is 24.3. The zero-order valence-electron chi connectivity index (χ0n) is 51.2. The summed E-state index contributed by atoms with van der Waals surface area (Å²) in [4.78, 5) is 117. The van der Waals surface area contributed by atoms with Crippen LogP contribution in [0.1, 0.15) is 82.1 Å². The maximum Gasteiger partial charge on any atom is 0.408 e. The van der Waals surface area contributed by atoms with Crippen molar-refractivity contribution in [2.24, 2.45) is 5.92 Å². The van der Waals surface area contributed by atoms with Gasteiger partial charge in [0.1, 0.15) is 61.7 Å². The third-order valence-corrected chi connectivity index (χ3v) is 16.2. The fourth-order valence-corrected chi connectivity index (χ4v) is 11.7. The number of amides is 8. The van der Waals surface area contributed by atoms with Crippen molar-refractivity contribution < 1.29 is 93.0 Å². The van der Waals surface area contributed by atoms with Gasteiger partial charge >= 0.3 is 12.2 Å².